The van der Waals surface area contributed by atoms with Crippen LogP contribution in [0.5, 0.6) is 17.2 Å². The van der Waals surface area contributed by atoms with Crippen LogP contribution in [0.2, 0.25) is 0 Å². The zero-order valence-electron chi connectivity index (χ0n) is 18.4. The number of phenolic OH excluding ortho intramolecular Hbond substituents is 1. The molecule has 5 heteroatoms. The van der Waals surface area contributed by atoms with E-state index >= 15 is 0 Å². The van der Waals surface area contributed by atoms with Gasteiger partial charge in [-0.2, -0.15) is 0 Å². The van der Waals surface area contributed by atoms with Crippen LogP contribution >= 0.6 is 0 Å². The summed E-state index contributed by atoms with van der Waals surface area (Å²) in [5.41, 5.74) is 5.67. The third-order valence-corrected chi connectivity index (χ3v) is 5.89. The second-order valence-electron chi connectivity index (χ2n) is 8.42. The highest BCUT2D eigenvalue weighted by molar-refractivity contribution is 5.89. The maximum atomic E-state index is 10.8. The summed E-state index contributed by atoms with van der Waals surface area (Å²) in [6.45, 7) is 2.07. The van der Waals surface area contributed by atoms with Crippen LogP contribution in [-0.2, 0) is 11.2 Å². The number of fused-ring (bicyclic) bond motifs is 5. The molecule has 1 aliphatic carbocycles. The largest absolute Gasteiger partial charge is 0.507 e. The average molecular weight is 430 g/mol. The molecule has 1 atom stereocenters. The topological polar surface area (TPSA) is 51.2 Å². The lowest BCUT2D eigenvalue weighted by molar-refractivity contribution is 0.187. The van der Waals surface area contributed by atoms with Crippen molar-refractivity contribution < 1.29 is 19.3 Å². The number of phenols is 1. The standard InChI is InChI=1S/C27H27NO4/c1-28(2)12-14-30-21-10-8-18(9-11-21)25-16-19-5-3-7-22-26(23(19)17-32-25)24(29)15-20-6-4-13-31-27(20)22/h3-6,8-11,15-17,25,29H,7,12-14H2,1-2H3/t25-/m0/s1. The van der Waals surface area contributed by atoms with E-state index in [1.807, 2.05) is 50.5 Å². The number of hydrogen-bond donors (Lipinski definition) is 1. The fourth-order valence-corrected chi connectivity index (χ4v) is 4.25. The van der Waals surface area contributed by atoms with Gasteiger partial charge in [-0.25, -0.2) is 0 Å². The number of allylic oxidation sites excluding steroid dienone is 4. The lowest BCUT2D eigenvalue weighted by atomic mass is 9.90. The molecular formula is C27H27NO4. The molecule has 164 valence electrons. The Kier molecular flexibility index (Phi) is 5.50. The van der Waals surface area contributed by atoms with Crippen LogP contribution in [0.4, 0.5) is 0 Å². The van der Waals surface area contributed by atoms with Crippen molar-refractivity contribution in [3.05, 3.63) is 88.7 Å². The Hall–Kier alpha value is -3.44. The number of ether oxygens (including phenoxy) is 3. The maximum absolute atomic E-state index is 10.8. The SMILES string of the molecule is CN(C)CCOc1ccc([C@@H]2C=C3C=CCc4c5c(cc(O)c4C3=CO2)C=CCO5)cc1. The van der Waals surface area contributed by atoms with Gasteiger partial charge in [0.1, 0.15) is 36.6 Å². The molecule has 32 heavy (non-hydrogen) atoms. The Labute approximate surface area is 188 Å². The van der Waals surface area contributed by atoms with Crippen LogP contribution in [-0.4, -0.2) is 43.9 Å². The van der Waals surface area contributed by atoms with Gasteiger partial charge in [0.2, 0.25) is 0 Å². The molecule has 0 spiro atoms. The van der Waals surface area contributed by atoms with Gasteiger partial charge in [-0.05, 0) is 62.0 Å². The zero-order valence-corrected chi connectivity index (χ0v) is 18.4. The fraction of sp³-hybridized carbons (Fsp3) is 0.259. The number of hydrogen-bond acceptors (Lipinski definition) is 5. The second-order valence-corrected chi connectivity index (χ2v) is 8.42. The molecule has 0 unspecified atom stereocenters. The van der Waals surface area contributed by atoms with Crippen LogP contribution in [0.1, 0.15) is 28.4 Å². The summed E-state index contributed by atoms with van der Waals surface area (Å²) in [6.07, 6.45) is 12.5. The predicted octanol–water partition coefficient (Wildman–Crippen LogP) is 4.89. The van der Waals surface area contributed by atoms with Crippen molar-refractivity contribution in [3.63, 3.8) is 0 Å². The van der Waals surface area contributed by atoms with Gasteiger partial charge < -0.3 is 24.2 Å². The molecular weight excluding hydrogens is 402 g/mol. The lowest BCUT2D eigenvalue weighted by Gasteiger charge is -2.25. The molecule has 1 N–H and O–H groups in total. The first-order valence-electron chi connectivity index (χ1n) is 10.9. The predicted molar refractivity (Wildman–Crippen MR) is 126 cm³/mol. The minimum Gasteiger partial charge on any atom is -0.507 e. The molecule has 0 saturated carbocycles. The molecule has 5 nitrogen and oxygen atoms in total. The van der Waals surface area contributed by atoms with Gasteiger partial charge in [-0.15, -0.1) is 0 Å². The number of nitrogens with zero attached hydrogens (tertiary/aromatic N) is 1. The molecule has 0 saturated heterocycles. The summed E-state index contributed by atoms with van der Waals surface area (Å²) in [5.74, 6) is 1.94. The van der Waals surface area contributed by atoms with Gasteiger partial charge in [0, 0.05) is 28.8 Å². The van der Waals surface area contributed by atoms with Crippen molar-refractivity contribution in [2.75, 3.05) is 33.9 Å². The Bertz CT molecular complexity index is 1140. The van der Waals surface area contributed by atoms with E-state index in [0.717, 1.165) is 51.4 Å². The van der Waals surface area contributed by atoms with E-state index in [1.54, 1.807) is 12.3 Å². The van der Waals surface area contributed by atoms with Gasteiger partial charge in [0.25, 0.3) is 0 Å². The van der Waals surface area contributed by atoms with E-state index in [2.05, 4.69) is 23.1 Å². The van der Waals surface area contributed by atoms with E-state index in [4.69, 9.17) is 14.2 Å². The van der Waals surface area contributed by atoms with E-state index in [9.17, 15) is 5.11 Å². The minimum absolute atomic E-state index is 0.199. The molecule has 2 heterocycles. The zero-order chi connectivity index (χ0) is 22.1. The monoisotopic (exact) mass is 429 g/mol. The molecule has 2 aliphatic heterocycles. The molecule has 0 bridgehead atoms. The second kappa shape index (κ2) is 8.60. The Morgan fingerprint density at radius 3 is 2.78 bits per heavy atom. The summed E-state index contributed by atoms with van der Waals surface area (Å²) < 4.78 is 17.8. The Morgan fingerprint density at radius 2 is 1.97 bits per heavy atom. The first-order valence-corrected chi connectivity index (χ1v) is 10.9. The fourth-order valence-electron chi connectivity index (χ4n) is 4.25. The number of benzene rings is 2. The van der Waals surface area contributed by atoms with Crippen molar-refractivity contribution >= 4 is 11.6 Å². The highest BCUT2D eigenvalue weighted by atomic mass is 16.5. The van der Waals surface area contributed by atoms with Crippen molar-refractivity contribution in [1.29, 1.82) is 0 Å². The molecule has 0 aromatic heterocycles. The summed E-state index contributed by atoms with van der Waals surface area (Å²) in [6, 6.07) is 9.80. The molecule has 5 rings (SSSR count). The normalized spacial score (nSPS) is 18.4. The Balaban J connectivity index is 1.40. The molecule has 3 aliphatic rings. The number of rotatable bonds is 5. The van der Waals surface area contributed by atoms with Gasteiger partial charge in [-0.1, -0.05) is 30.4 Å². The van der Waals surface area contributed by atoms with E-state index < -0.39 is 0 Å². The molecule has 0 amide bonds. The number of aromatic hydroxyl groups is 1. The van der Waals surface area contributed by atoms with Gasteiger partial charge >= 0.3 is 0 Å². The maximum Gasteiger partial charge on any atom is 0.142 e. The van der Waals surface area contributed by atoms with Gasteiger partial charge in [-0.3, -0.25) is 0 Å². The number of likely N-dealkylation sites (N-methyl/N-ethyl adjacent to an activating group) is 1. The van der Waals surface area contributed by atoms with Crippen LogP contribution < -0.4 is 9.47 Å². The first kappa shape index (κ1) is 20.5. The summed E-state index contributed by atoms with van der Waals surface area (Å²) in [4.78, 5) is 2.09. The van der Waals surface area contributed by atoms with Gasteiger partial charge in [0.05, 0.1) is 6.26 Å². The van der Waals surface area contributed by atoms with E-state index in [0.29, 0.717) is 19.6 Å². The van der Waals surface area contributed by atoms with E-state index in [1.165, 1.54) is 0 Å². The highest BCUT2D eigenvalue weighted by Gasteiger charge is 2.27. The molecule has 2 aromatic rings. The quantitative estimate of drug-likeness (QED) is 0.734. The van der Waals surface area contributed by atoms with Gasteiger partial charge in [0.15, 0.2) is 0 Å². The lowest BCUT2D eigenvalue weighted by Crippen LogP contribution is -2.19. The van der Waals surface area contributed by atoms with Crippen LogP contribution in [0.25, 0.3) is 11.6 Å². The van der Waals surface area contributed by atoms with Crippen molar-refractivity contribution in [3.8, 4) is 17.2 Å². The van der Waals surface area contributed by atoms with Crippen LogP contribution in [0.15, 0.2) is 66.5 Å². The third kappa shape index (κ3) is 3.92. The van der Waals surface area contributed by atoms with Crippen molar-refractivity contribution in [2.24, 2.45) is 0 Å². The van der Waals surface area contributed by atoms with Crippen LogP contribution in [0, 0.1) is 0 Å². The summed E-state index contributed by atoms with van der Waals surface area (Å²) in [5, 5.41) is 10.8. The summed E-state index contributed by atoms with van der Waals surface area (Å²) >= 11 is 0. The van der Waals surface area contributed by atoms with Crippen molar-refractivity contribution in [2.45, 2.75) is 12.5 Å². The van der Waals surface area contributed by atoms with E-state index in [-0.39, 0.29) is 11.9 Å². The molecule has 2 aromatic carbocycles. The first-order chi connectivity index (χ1) is 15.6. The Morgan fingerprint density at radius 1 is 1.12 bits per heavy atom. The summed E-state index contributed by atoms with van der Waals surface area (Å²) in [7, 11) is 4.06. The minimum atomic E-state index is -0.199. The molecule has 0 radical (unpaired) electrons. The smallest absolute Gasteiger partial charge is 0.142 e. The van der Waals surface area contributed by atoms with Crippen LogP contribution in [0.3, 0.4) is 0 Å². The highest BCUT2D eigenvalue weighted by Crippen LogP contribution is 2.46. The average Bonchev–Trinajstić information content (AvgIpc) is 2.99. The third-order valence-electron chi connectivity index (χ3n) is 5.89. The molecule has 0 fully saturated rings. The van der Waals surface area contributed by atoms with Crippen molar-refractivity contribution in [1.82, 2.24) is 4.90 Å².